The number of nitrogens with zero attached hydrogens (tertiary/aromatic N) is 6. The molecular weight excluding hydrogens is 448 g/mol. The van der Waals surface area contributed by atoms with Crippen molar-refractivity contribution >= 4 is 34.7 Å². The second kappa shape index (κ2) is 10.7. The van der Waals surface area contributed by atoms with Gasteiger partial charge in [-0.25, -0.2) is 9.97 Å². The number of carbonyl (C=O) groups excluding carboxylic acids is 1. The lowest BCUT2D eigenvalue weighted by Gasteiger charge is -2.25. The third-order valence-corrected chi connectivity index (χ3v) is 6.09. The van der Waals surface area contributed by atoms with Crippen molar-refractivity contribution in [2.24, 2.45) is 4.99 Å². The number of aliphatic imine (C=N–C) groups is 1. The van der Waals surface area contributed by atoms with Crippen molar-refractivity contribution in [2.45, 2.75) is 6.54 Å². The molecule has 11 heteroatoms. The maximum atomic E-state index is 12.7. The first-order valence-electron chi connectivity index (χ1n) is 11.5. The Morgan fingerprint density at radius 2 is 1.89 bits per heavy atom. The number of aromatic nitrogens is 3. The number of hydrogen-bond donors (Lipinski definition) is 3. The summed E-state index contributed by atoms with van der Waals surface area (Å²) >= 11 is 0. The van der Waals surface area contributed by atoms with Crippen molar-refractivity contribution in [1.82, 2.24) is 29.7 Å². The summed E-state index contributed by atoms with van der Waals surface area (Å²) in [6, 6.07) is 5.62. The molecule has 3 N–H and O–H groups in total. The standard InChI is InChI=1S/C24H32N8O3/c1-30-8-7-25-22-21-18(24(34)29-23(21)28-15-27-22)12-26-17-5-6-19(35-4)16(11-17)13-31(2)14-20(33)32(3)10-9-30/h5-6,11-12,15,34H,7-10,13-14H2,1-4H3,(H2,25,27,28,29). The molecule has 1 amide bonds. The zero-order chi connectivity index (χ0) is 24.9. The normalized spacial score (nSPS) is 17.0. The van der Waals surface area contributed by atoms with Gasteiger partial charge in [-0.1, -0.05) is 0 Å². The van der Waals surface area contributed by atoms with E-state index in [-0.39, 0.29) is 11.8 Å². The number of rotatable bonds is 1. The van der Waals surface area contributed by atoms with Crippen LogP contribution in [0.25, 0.3) is 11.0 Å². The Bertz CT molecular complexity index is 1220. The van der Waals surface area contributed by atoms with Crippen LogP contribution >= 0.6 is 0 Å². The van der Waals surface area contributed by atoms with E-state index in [4.69, 9.17) is 4.74 Å². The van der Waals surface area contributed by atoms with Gasteiger partial charge in [0.05, 0.1) is 30.3 Å². The molecular formula is C24H32N8O3. The lowest BCUT2D eigenvalue weighted by Crippen LogP contribution is -2.40. The predicted octanol–water partition coefficient (Wildman–Crippen LogP) is 1.67. The average Bonchev–Trinajstić information content (AvgIpc) is 3.16. The van der Waals surface area contributed by atoms with Crippen LogP contribution in [0.4, 0.5) is 11.5 Å². The number of likely N-dealkylation sites (N-methyl/N-ethyl adjacent to an activating group) is 3. The second-order valence-corrected chi connectivity index (χ2v) is 8.81. The Hall–Kier alpha value is -3.70. The van der Waals surface area contributed by atoms with Crippen LogP contribution in [-0.2, 0) is 11.3 Å². The molecule has 1 aliphatic rings. The van der Waals surface area contributed by atoms with Gasteiger partial charge in [-0.2, -0.15) is 0 Å². The molecule has 186 valence electrons. The van der Waals surface area contributed by atoms with Gasteiger partial charge < -0.3 is 29.9 Å². The summed E-state index contributed by atoms with van der Waals surface area (Å²) in [7, 11) is 7.38. The highest BCUT2D eigenvalue weighted by Crippen LogP contribution is 2.30. The highest BCUT2D eigenvalue weighted by molar-refractivity contribution is 6.06. The summed E-state index contributed by atoms with van der Waals surface area (Å²) in [5, 5.41) is 14.6. The molecule has 0 fully saturated rings. The number of carbonyl (C=O) groups is 1. The number of H-pyrrole nitrogens is 1. The van der Waals surface area contributed by atoms with Crippen LogP contribution in [0.5, 0.6) is 11.6 Å². The fourth-order valence-electron chi connectivity index (χ4n) is 4.02. The van der Waals surface area contributed by atoms with Crippen LogP contribution in [0.2, 0.25) is 0 Å². The number of amides is 1. The number of methoxy groups -OCH3 is 1. The van der Waals surface area contributed by atoms with E-state index in [0.717, 1.165) is 24.4 Å². The van der Waals surface area contributed by atoms with Gasteiger partial charge in [0.2, 0.25) is 5.91 Å². The van der Waals surface area contributed by atoms with Gasteiger partial charge in [0.1, 0.15) is 23.5 Å². The molecule has 35 heavy (non-hydrogen) atoms. The fourth-order valence-corrected chi connectivity index (χ4v) is 4.02. The topological polar surface area (TPSA) is 122 Å². The van der Waals surface area contributed by atoms with Gasteiger partial charge in [-0.3, -0.25) is 14.7 Å². The maximum absolute atomic E-state index is 12.7. The van der Waals surface area contributed by atoms with E-state index < -0.39 is 0 Å². The predicted molar refractivity (Wildman–Crippen MR) is 136 cm³/mol. The number of fused-ring (bicyclic) bond motifs is 2. The summed E-state index contributed by atoms with van der Waals surface area (Å²) in [5.41, 5.74) is 2.64. The Morgan fingerprint density at radius 3 is 2.69 bits per heavy atom. The summed E-state index contributed by atoms with van der Waals surface area (Å²) in [5.74, 6) is 1.37. The van der Waals surface area contributed by atoms with E-state index in [9.17, 15) is 9.90 Å². The zero-order valence-electron chi connectivity index (χ0n) is 20.6. The number of aromatic amines is 1. The van der Waals surface area contributed by atoms with Crippen LogP contribution in [-0.4, -0.2) is 108 Å². The summed E-state index contributed by atoms with van der Waals surface area (Å²) in [6.45, 7) is 3.56. The van der Waals surface area contributed by atoms with Gasteiger partial charge in [0.25, 0.3) is 0 Å². The lowest BCUT2D eigenvalue weighted by atomic mass is 10.1. The minimum absolute atomic E-state index is 0.0228. The van der Waals surface area contributed by atoms with E-state index >= 15 is 0 Å². The SMILES string of the molecule is COc1ccc2cc1CN(C)CC(=O)N(C)CCN(C)CCNc1ncnc3[nH]c(O)c(c13)C=N2. The summed E-state index contributed by atoms with van der Waals surface area (Å²) < 4.78 is 5.53. The Kier molecular flexibility index (Phi) is 7.47. The van der Waals surface area contributed by atoms with Gasteiger partial charge >= 0.3 is 0 Å². The minimum atomic E-state index is -0.0228. The average molecular weight is 481 g/mol. The molecule has 0 saturated carbocycles. The van der Waals surface area contributed by atoms with Gasteiger partial charge in [0, 0.05) is 51.5 Å². The van der Waals surface area contributed by atoms with E-state index in [0.29, 0.717) is 54.3 Å². The van der Waals surface area contributed by atoms with Gasteiger partial charge in [-0.15, -0.1) is 0 Å². The molecule has 0 aliphatic carbocycles. The third-order valence-electron chi connectivity index (χ3n) is 6.09. The molecule has 0 saturated heterocycles. The smallest absolute Gasteiger partial charge is 0.236 e. The molecule has 1 aromatic carbocycles. The fraction of sp³-hybridized carbons (Fsp3) is 0.417. The molecule has 0 atom stereocenters. The summed E-state index contributed by atoms with van der Waals surface area (Å²) in [6.07, 6.45) is 3.06. The molecule has 1 aliphatic heterocycles. The van der Waals surface area contributed by atoms with Crippen LogP contribution in [0, 0.1) is 0 Å². The highest BCUT2D eigenvalue weighted by Gasteiger charge is 2.17. The van der Waals surface area contributed by atoms with E-state index in [1.807, 2.05) is 44.2 Å². The quantitative estimate of drug-likeness (QED) is 0.481. The molecule has 2 bridgehead atoms. The van der Waals surface area contributed by atoms with Crippen molar-refractivity contribution in [1.29, 1.82) is 0 Å². The van der Waals surface area contributed by atoms with Crippen molar-refractivity contribution in [3.8, 4) is 11.6 Å². The number of aromatic hydroxyl groups is 1. The maximum Gasteiger partial charge on any atom is 0.236 e. The monoisotopic (exact) mass is 480 g/mol. The van der Waals surface area contributed by atoms with Crippen molar-refractivity contribution < 1.29 is 14.6 Å². The Balaban J connectivity index is 1.72. The first-order valence-corrected chi connectivity index (χ1v) is 11.5. The third kappa shape index (κ3) is 5.69. The highest BCUT2D eigenvalue weighted by atomic mass is 16.5. The van der Waals surface area contributed by atoms with Gasteiger partial charge in [0.15, 0.2) is 5.88 Å². The van der Waals surface area contributed by atoms with E-state index in [1.165, 1.54) is 6.33 Å². The first kappa shape index (κ1) is 24.4. The largest absolute Gasteiger partial charge is 0.496 e. The molecule has 3 aromatic rings. The van der Waals surface area contributed by atoms with Crippen LogP contribution in [0.3, 0.4) is 0 Å². The number of anilines is 1. The Labute approximate surface area is 204 Å². The zero-order valence-corrected chi connectivity index (χ0v) is 20.6. The van der Waals surface area contributed by atoms with Crippen LogP contribution in [0.15, 0.2) is 29.5 Å². The molecule has 0 radical (unpaired) electrons. The van der Waals surface area contributed by atoms with Crippen molar-refractivity contribution in [3.63, 3.8) is 0 Å². The lowest BCUT2D eigenvalue weighted by molar-refractivity contribution is -0.131. The molecule has 0 spiro atoms. The number of ether oxygens (including phenoxy) is 1. The Morgan fingerprint density at radius 1 is 1.06 bits per heavy atom. The summed E-state index contributed by atoms with van der Waals surface area (Å²) in [4.78, 5) is 34.8. The minimum Gasteiger partial charge on any atom is -0.496 e. The number of nitrogens with one attached hydrogen (secondary N) is 2. The van der Waals surface area contributed by atoms with Crippen molar-refractivity contribution in [3.05, 3.63) is 35.7 Å². The second-order valence-electron chi connectivity index (χ2n) is 8.81. The number of hydrogen-bond acceptors (Lipinski definition) is 9. The van der Waals surface area contributed by atoms with Crippen LogP contribution < -0.4 is 10.1 Å². The molecule has 4 rings (SSSR count). The first-order chi connectivity index (χ1) is 16.9. The van der Waals surface area contributed by atoms with E-state index in [2.05, 4.69) is 30.2 Å². The molecule has 3 heterocycles. The van der Waals surface area contributed by atoms with E-state index in [1.54, 1.807) is 18.2 Å². The molecule has 11 nitrogen and oxygen atoms in total. The molecule has 0 unspecified atom stereocenters. The number of benzene rings is 1. The molecule has 2 aromatic heterocycles. The van der Waals surface area contributed by atoms with Crippen LogP contribution in [0.1, 0.15) is 11.1 Å². The van der Waals surface area contributed by atoms with Crippen molar-refractivity contribution in [2.75, 3.05) is 66.3 Å². The van der Waals surface area contributed by atoms with Gasteiger partial charge in [-0.05, 0) is 32.3 Å².